The topological polar surface area (TPSA) is 119 Å². The Morgan fingerprint density at radius 1 is 1.18 bits per heavy atom. The van der Waals surface area contributed by atoms with Crippen molar-refractivity contribution in [2.45, 2.75) is 0 Å². The van der Waals surface area contributed by atoms with Crippen molar-refractivity contribution in [2.75, 3.05) is 20.2 Å². The predicted molar refractivity (Wildman–Crippen MR) is 100 cm³/mol. The highest BCUT2D eigenvalue weighted by Gasteiger charge is 2.18. The number of carbonyl (C=O) groups excluding carboxylic acids is 2. The molecule has 3 rings (SSSR count). The van der Waals surface area contributed by atoms with E-state index in [1.54, 1.807) is 36.5 Å². The Morgan fingerprint density at radius 2 is 1.96 bits per heavy atom. The van der Waals surface area contributed by atoms with Crippen molar-refractivity contribution in [3.05, 3.63) is 59.2 Å². The van der Waals surface area contributed by atoms with Crippen molar-refractivity contribution >= 4 is 23.4 Å². The highest BCUT2D eigenvalue weighted by molar-refractivity contribution is 6.30. The maximum Gasteiger partial charge on any atom is 0.316 e. The van der Waals surface area contributed by atoms with Gasteiger partial charge in [0.15, 0.2) is 0 Å². The molecular weight excluding hydrogens is 386 g/mol. The van der Waals surface area contributed by atoms with Gasteiger partial charge in [-0.15, -0.1) is 0 Å². The summed E-state index contributed by atoms with van der Waals surface area (Å²) in [6.07, 6.45) is 3.03. The smallest absolute Gasteiger partial charge is 0.316 e. The minimum absolute atomic E-state index is 0.175. The third-order valence-electron chi connectivity index (χ3n) is 3.64. The number of nitrogens with one attached hydrogen (secondary N) is 2. The molecule has 2 heterocycles. The average Bonchev–Trinajstić information content (AvgIpc) is 3.21. The SMILES string of the molecule is COc1ccc(Cl)cc1-c1noc(C(=O)NCCNC(=O)c2cccnc2)n1. The molecule has 1 aromatic carbocycles. The summed E-state index contributed by atoms with van der Waals surface area (Å²) in [5, 5.41) is 9.51. The summed E-state index contributed by atoms with van der Waals surface area (Å²) in [6, 6.07) is 8.25. The van der Waals surface area contributed by atoms with Gasteiger partial charge in [-0.25, -0.2) is 0 Å². The molecule has 0 unspecified atom stereocenters. The van der Waals surface area contributed by atoms with E-state index < -0.39 is 5.91 Å². The molecule has 28 heavy (non-hydrogen) atoms. The van der Waals surface area contributed by atoms with Crippen LogP contribution in [0, 0.1) is 0 Å². The molecule has 2 amide bonds. The second kappa shape index (κ2) is 8.96. The third kappa shape index (κ3) is 4.63. The first-order valence-electron chi connectivity index (χ1n) is 8.22. The molecule has 0 radical (unpaired) electrons. The van der Waals surface area contributed by atoms with Gasteiger partial charge in [0, 0.05) is 30.5 Å². The van der Waals surface area contributed by atoms with Crippen LogP contribution in [0.4, 0.5) is 0 Å². The number of benzene rings is 1. The number of carbonyl (C=O) groups is 2. The molecule has 0 spiro atoms. The van der Waals surface area contributed by atoms with E-state index in [0.717, 1.165) is 0 Å². The molecular formula is C18H16ClN5O4. The number of methoxy groups -OCH3 is 1. The van der Waals surface area contributed by atoms with E-state index in [-0.39, 0.29) is 30.7 Å². The molecule has 0 atom stereocenters. The van der Waals surface area contributed by atoms with Crippen LogP contribution in [0.3, 0.4) is 0 Å². The number of nitrogens with zero attached hydrogens (tertiary/aromatic N) is 3. The molecule has 9 nitrogen and oxygen atoms in total. The van der Waals surface area contributed by atoms with Gasteiger partial charge in [-0.2, -0.15) is 4.98 Å². The summed E-state index contributed by atoms with van der Waals surface area (Å²) < 4.78 is 10.2. The van der Waals surface area contributed by atoms with Gasteiger partial charge < -0.3 is 19.9 Å². The van der Waals surface area contributed by atoms with Crippen molar-refractivity contribution < 1.29 is 18.8 Å². The predicted octanol–water partition coefficient (Wildman–Crippen LogP) is 1.95. The minimum Gasteiger partial charge on any atom is -0.496 e. The maximum absolute atomic E-state index is 12.1. The largest absolute Gasteiger partial charge is 0.496 e. The van der Waals surface area contributed by atoms with Gasteiger partial charge in [0.2, 0.25) is 5.82 Å². The number of halogens is 1. The molecule has 0 aliphatic rings. The first-order valence-corrected chi connectivity index (χ1v) is 8.60. The molecule has 10 heteroatoms. The maximum atomic E-state index is 12.1. The fourth-order valence-corrected chi connectivity index (χ4v) is 2.48. The van der Waals surface area contributed by atoms with Gasteiger partial charge in [0.05, 0.1) is 18.2 Å². The normalized spacial score (nSPS) is 10.4. The van der Waals surface area contributed by atoms with E-state index in [9.17, 15) is 9.59 Å². The number of ether oxygens (including phenoxy) is 1. The minimum atomic E-state index is -0.560. The van der Waals surface area contributed by atoms with Crippen LogP contribution < -0.4 is 15.4 Å². The summed E-state index contributed by atoms with van der Waals surface area (Å²) in [5.74, 6) is -0.383. The van der Waals surface area contributed by atoms with Crippen molar-refractivity contribution in [3.63, 3.8) is 0 Å². The second-order valence-corrected chi connectivity index (χ2v) is 5.96. The Morgan fingerprint density at radius 3 is 2.68 bits per heavy atom. The zero-order valence-corrected chi connectivity index (χ0v) is 15.6. The molecule has 0 fully saturated rings. The van der Waals surface area contributed by atoms with Crippen LogP contribution in [0.25, 0.3) is 11.4 Å². The van der Waals surface area contributed by atoms with Crippen LogP contribution in [0.1, 0.15) is 21.0 Å². The van der Waals surface area contributed by atoms with E-state index in [2.05, 4.69) is 25.8 Å². The monoisotopic (exact) mass is 401 g/mol. The molecule has 0 bridgehead atoms. The quantitative estimate of drug-likeness (QED) is 0.580. The Bertz CT molecular complexity index is 977. The third-order valence-corrected chi connectivity index (χ3v) is 3.88. The average molecular weight is 402 g/mol. The van der Waals surface area contributed by atoms with Gasteiger partial charge in [0.25, 0.3) is 5.91 Å². The lowest BCUT2D eigenvalue weighted by Gasteiger charge is -2.05. The molecule has 0 aliphatic heterocycles. The Hall–Kier alpha value is -3.46. The summed E-state index contributed by atoms with van der Waals surface area (Å²) in [7, 11) is 1.50. The molecule has 3 aromatic rings. The first-order chi connectivity index (χ1) is 13.6. The number of aromatic nitrogens is 3. The molecule has 0 saturated heterocycles. The van der Waals surface area contributed by atoms with Gasteiger partial charge in [0.1, 0.15) is 5.75 Å². The number of amides is 2. The summed E-state index contributed by atoms with van der Waals surface area (Å²) >= 11 is 5.99. The Balaban J connectivity index is 1.55. The van der Waals surface area contributed by atoms with Gasteiger partial charge >= 0.3 is 11.8 Å². The van der Waals surface area contributed by atoms with Crippen LogP contribution >= 0.6 is 11.6 Å². The molecule has 2 aromatic heterocycles. The lowest BCUT2D eigenvalue weighted by atomic mass is 10.2. The van der Waals surface area contributed by atoms with E-state index in [1.165, 1.54) is 13.3 Å². The number of rotatable bonds is 7. The molecule has 144 valence electrons. The number of pyridine rings is 1. The lowest BCUT2D eigenvalue weighted by molar-refractivity contribution is 0.0898. The molecule has 0 aliphatic carbocycles. The van der Waals surface area contributed by atoms with Crippen LogP contribution in [0.5, 0.6) is 5.75 Å². The lowest BCUT2D eigenvalue weighted by Crippen LogP contribution is -2.34. The first kappa shape index (κ1) is 19.3. The van der Waals surface area contributed by atoms with Crippen LogP contribution in [-0.2, 0) is 0 Å². The van der Waals surface area contributed by atoms with Crippen molar-refractivity contribution in [1.29, 1.82) is 0 Å². The standard InChI is InChI=1S/C18H16ClN5O4/c1-27-14-5-4-12(19)9-13(14)15-23-18(28-24-15)17(26)22-8-7-21-16(25)11-3-2-6-20-10-11/h2-6,9-10H,7-8H2,1H3,(H,21,25)(H,22,26). The van der Waals surface area contributed by atoms with E-state index in [0.29, 0.717) is 21.9 Å². The van der Waals surface area contributed by atoms with Crippen LogP contribution in [-0.4, -0.2) is 47.1 Å². The highest BCUT2D eigenvalue weighted by Crippen LogP contribution is 2.30. The van der Waals surface area contributed by atoms with Gasteiger partial charge in [-0.05, 0) is 30.3 Å². The molecule has 2 N–H and O–H groups in total. The number of hydrogen-bond acceptors (Lipinski definition) is 7. The highest BCUT2D eigenvalue weighted by atomic mass is 35.5. The Labute approximate surface area is 165 Å². The zero-order valence-electron chi connectivity index (χ0n) is 14.8. The fraction of sp³-hybridized carbons (Fsp3) is 0.167. The summed E-state index contributed by atoms with van der Waals surface area (Å²) in [5.41, 5.74) is 0.937. The van der Waals surface area contributed by atoms with E-state index in [4.69, 9.17) is 20.9 Å². The van der Waals surface area contributed by atoms with Crippen LogP contribution in [0.2, 0.25) is 5.02 Å². The number of hydrogen-bond donors (Lipinski definition) is 2. The fourth-order valence-electron chi connectivity index (χ4n) is 2.31. The Kier molecular flexibility index (Phi) is 6.18. The zero-order chi connectivity index (χ0) is 19.9. The van der Waals surface area contributed by atoms with Crippen molar-refractivity contribution in [1.82, 2.24) is 25.8 Å². The summed E-state index contributed by atoms with van der Waals surface area (Å²) in [6.45, 7) is 0.408. The second-order valence-electron chi connectivity index (χ2n) is 5.52. The van der Waals surface area contributed by atoms with Gasteiger partial charge in [-0.3, -0.25) is 14.6 Å². The van der Waals surface area contributed by atoms with E-state index in [1.807, 2.05) is 0 Å². The van der Waals surface area contributed by atoms with Crippen molar-refractivity contribution in [2.24, 2.45) is 0 Å². The molecule has 0 saturated carbocycles. The van der Waals surface area contributed by atoms with E-state index >= 15 is 0 Å². The summed E-state index contributed by atoms with van der Waals surface area (Å²) in [4.78, 5) is 32.0. The van der Waals surface area contributed by atoms with Gasteiger partial charge in [-0.1, -0.05) is 16.8 Å². The van der Waals surface area contributed by atoms with Crippen LogP contribution in [0.15, 0.2) is 47.2 Å². The van der Waals surface area contributed by atoms with Crippen molar-refractivity contribution in [3.8, 4) is 17.1 Å².